The van der Waals surface area contributed by atoms with Gasteiger partial charge in [-0.2, -0.15) is 0 Å². The van der Waals surface area contributed by atoms with Crippen molar-refractivity contribution in [2.45, 2.75) is 32.2 Å². The second-order valence-electron chi connectivity index (χ2n) is 3.67. The molecule has 0 heterocycles. The highest BCUT2D eigenvalue weighted by atomic mass is 19.1. The summed E-state index contributed by atoms with van der Waals surface area (Å²) in [5.74, 6) is -1.39. The molecule has 0 fully saturated rings. The van der Waals surface area contributed by atoms with Crippen LogP contribution in [0, 0.1) is 21.7 Å². The third-order valence-corrected chi connectivity index (χ3v) is 2.39. The molecule has 1 rings (SSSR count). The van der Waals surface area contributed by atoms with E-state index < -0.39 is 22.6 Å². The average molecular weight is 229 g/mol. The first-order valence-corrected chi connectivity index (χ1v) is 5.12. The van der Waals surface area contributed by atoms with Gasteiger partial charge in [-0.05, 0) is 18.1 Å². The van der Waals surface area contributed by atoms with Crippen molar-refractivity contribution in [3.8, 4) is 0 Å². The Morgan fingerprint density at radius 3 is 2.62 bits per heavy atom. The van der Waals surface area contributed by atoms with E-state index >= 15 is 0 Å². The largest absolute Gasteiger partial charge is 0.264 e. The van der Waals surface area contributed by atoms with Crippen LogP contribution in [0.5, 0.6) is 0 Å². The van der Waals surface area contributed by atoms with E-state index in [1.807, 2.05) is 6.92 Å². The van der Waals surface area contributed by atoms with Crippen molar-refractivity contribution in [3.63, 3.8) is 0 Å². The Labute approximate surface area is 92.2 Å². The van der Waals surface area contributed by atoms with E-state index in [4.69, 9.17) is 0 Å². The fourth-order valence-corrected chi connectivity index (χ4v) is 1.56. The predicted octanol–water partition coefficient (Wildman–Crippen LogP) is 2.95. The minimum Gasteiger partial charge on any atom is -0.264 e. The van der Waals surface area contributed by atoms with E-state index in [1.165, 1.54) is 6.07 Å². The summed E-state index contributed by atoms with van der Waals surface area (Å²) >= 11 is 0. The van der Waals surface area contributed by atoms with Crippen LogP contribution < -0.4 is 0 Å². The Bertz CT molecular complexity index is 382. The minimum absolute atomic E-state index is 0.00690. The molecule has 0 N–H and O–H groups in total. The van der Waals surface area contributed by atoms with Crippen LogP contribution in [0.15, 0.2) is 18.2 Å². The molecule has 0 amide bonds. The molecule has 16 heavy (non-hydrogen) atoms. The molecule has 1 aromatic carbocycles. The van der Waals surface area contributed by atoms with Crippen molar-refractivity contribution >= 4 is 0 Å². The normalized spacial score (nSPS) is 12.4. The first-order chi connectivity index (χ1) is 7.54. The van der Waals surface area contributed by atoms with Crippen LogP contribution in [-0.4, -0.2) is 11.0 Å². The molecule has 3 nitrogen and oxygen atoms in total. The molecule has 0 bridgehead atoms. The van der Waals surface area contributed by atoms with Gasteiger partial charge >= 0.3 is 0 Å². The fraction of sp³-hybridized carbons (Fsp3) is 0.455. The first kappa shape index (κ1) is 12.5. The van der Waals surface area contributed by atoms with E-state index in [2.05, 4.69) is 0 Å². The monoisotopic (exact) mass is 229 g/mol. The number of benzene rings is 1. The summed E-state index contributed by atoms with van der Waals surface area (Å²) in [4.78, 5) is 10.3. The lowest BCUT2D eigenvalue weighted by molar-refractivity contribution is -0.523. The lowest BCUT2D eigenvalue weighted by Gasteiger charge is -2.08. The maximum Gasteiger partial charge on any atom is 0.217 e. The third-order valence-electron chi connectivity index (χ3n) is 2.39. The molecule has 0 aliphatic carbocycles. The zero-order valence-electron chi connectivity index (χ0n) is 8.95. The minimum atomic E-state index is -0.801. The highest BCUT2D eigenvalue weighted by molar-refractivity contribution is 5.19. The van der Waals surface area contributed by atoms with Gasteiger partial charge in [-0.25, -0.2) is 8.78 Å². The number of hydrogen-bond acceptors (Lipinski definition) is 2. The average Bonchev–Trinajstić information content (AvgIpc) is 2.20. The summed E-state index contributed by atoms with van der Waals surface area (Å²) in [5.41, 5.74) is 0.191. The topological polar surface area (TPSA) is 43.1 Å². The molecule has 0 saturated heterocycles. The molecule has 0 aliphatic heterocycles. The van der Waals surface area contributed by atoms with Gasteiger partial charge in [0.1, 0.15) is 11.6 Å². The number of hydrogen-bond donors (Lipinski definition) is 0. The Hall–Kier alpha value is -1.52. The van der Waals surface area contributed by atoms with E-state index in [-0.39, 0.29) is 12.0 Å². The zero-order chi connectivity index (χ0) is 12.1. The van der Waals surface area contributed by atoms with Gasteiger partial charge in [-0.1, -0.05) is 13.0 Å². The second kappa shape index (κ2) is 5.53. The quantitative estimate of drug-likeness (QED) is 0.575. The Balaban J connectivity index is 2.81. The molecule has 1 aromatic rings. The lowest BCUT2D eigenvalue weighted by Crippen LogP contribution is -2.22. The highest BCUT2D eigenvalue weighted by Crippen LogP contribution is 2.15. The van der Waals surface area contributed by atoms with Gasteiger partial charge in [0.05, 0.1) is 0 Å². The summed E-state index contributed by atoms with van der Waals surface area (Å²) < 4.78 is 25.9. The van der Waals surface area contributed by atoms with Gasteiger partial charge in [0.2, 0.25) is 6.04 Å². The summed E-state index contributed by atoms with van der Waals surface area (Å²) in [6.07, 6.45) is 1.06. The SMILES string of the molecule is CCCC(Cc1ccc(F)cc1F)[N+](=O)[O-]. The van der Waals surface area contributed by atoms with Gasteiger partial charge in [-0.15, -0.1) is 0 Å². The van der Waals surface area contributed by atoms with Crippen LogP contribution in [-0.2, 0) is 6.42 Å². The zero-order valence-corrected chi connectivity index (χ0v) is 8.95. The van der Waals surface area contributed by atoms with Crippen molar-refractivity contribution in [2.24, 2.45) is 0 Å². The molecular weight excluding hydrogens is 216 g/mol. The number of rotatable bonds is 5. The maximum atomic E-state index is 13.3. The molecule has 1 unspecified atom stereocenters. The molecule has 0 radical (unpaired) electrons. The van der Waals surface area contributed by atoms with Crippen LogP contribution in [0.3, 0.4) is 0 Å². The fourth-order valence-electron chi connectivity index (χ4n) is 1.56. The second-order valence-corrected chi connectivity index (χ2v) is 3.67. The molecule has 0 aromatic heterocycles. The summed E-state index contributed by atoms with van der Waals surface area (Å²) in [7, 11) is 0. The number of halogens is 2. The number of nitrogens with zero attached hydrogens (tertiary/aromatic N) is 1. The van der Waals surface area contributed by atoms with Crippen molar-refractivity contribution in [3.05, 3.63) is 45.5 Å². The molecular formula is C11H13F2NO2. The van der Waals surface area contributed by atoms with Gasteiger partial charge in [0.25, 0.3) is 0 Å². The maximum absolute atomic E-state index is 13.3. The molecule has 1 atom stereocenters. The Morgan fingerprint density at radius 1 is 1.44 bits per heavy atom. The highest BCUT2D eigenvalue weighted by Gasteiger charge is 2.21. The van der Waals surface area contributed by atoms with Crippen LogP contribution in [0.4, 0.5) is 8.78 Å². The van der Waals surface area contributed by atoms with E-state index in [0.29, 0.717) is 12.8 Å². The van der Waals surface area contributed by atoms with Crippen molar-refractivity contribution < 1.29 is 13.7 Å². The van der Waals surface area contributed by atoms with Crippen molar-refractivity contribution in [2.75, 3.05) is 0 Å². The van der Waals surface area contributed by atoms with Gasteiger partial charge < -0.3 is 0 Å². The molecule has 0 spiro atoms. The van der Waals surface area contributed by atoms with Crippen LogP contribution in [0.1, 0.15) is 25.3 Å². The number of nitro groups is 1. The van der Waals surface area contributed by atoms with Crippen LogP contribution in [0.2, 0.25) is 0 Å². The van der Waals surface area contributed by atoms with Crippen LogP contribution in [0.25, 0.3) is 0 Å². The molecule has 0 saturated carbocycles. The van der Waals surface area contributed by atoms with E-state index in [0.717, 1.165) is 12.1 Å². The van der Waals surface area contributed by atoms with Crippen molar-refractivity contribution in [1.82, 2.24) is 0 Å². The van der Waals surface area contributed by atoms with Gasteiger partial charge in [-0.3, -0.25) is 10.1 Å². The van der Waals surface area contributed by atoms with E-state index in [9.17, 15) is 18.9 Å². The lowest BCUT2D eigenvalue weighted by atomic mass is 10.0. The predicted molar refractivity (Wildman–Crippen MR) is 55.8 cm³/mol. The molecule has 5 heteroatoms. The summed E-state index contributed by atoms with van der Waals surface area (Å²) in [6.45, 7) is 1.83. The van der Waals surface area contributed by atoms with Gasteiger partial charge in [0.15, 0.2) is 0 Å². The Kier molecular flexibility index (Phi) is 4.34. The van der Waals surface area contributed by atoms with E-state index in [1.54, 1.807) is 0 Å². The molecule has 0 aliphatic rings. The van der Waals surface area contributed by atoms with Crippen molar-refractivity contribution in [1.29, 1.82) is 0 Å². The van der Waals surface area contributed by atoms with Gasteiger partial charge in [0, 0.05) is 23.8 Å². The smallest absolute Gasteiger partial charge is 0.217 e. The first-order valence-electron chi connectivity index (χ1n) is 5.12. The molecule has 88 valence electrons. The third kappa shape index (κ3) is 3.25. The Morgan fingerprint density at radius 2 is 2.12 bits per heavy atom. The summed E-state index contributed by atoms with van der Waals surface area (Å²) in [6, 6.07) is 2.32. The van der Waals surface area contributed by atoms with Crippen LogP contribution >= 0.6 is 0 Å². The standard InChI is InChI=1S/C11H13F2NO2/c1-2-3-10(14(15)16)6-8-4-5-9(12)7-11(8)13/h4-5,7,10H,2-3,6H2,1H3. The summed E-state index contributed by atoms with van der Waals surface area (Å²) in [5, 5.41) is 10.7.